The molecule has 0 spiro atoms. The second-order valence-electron chi connectivity index (χ2n) is 9.26. The van der Waals surface area contributed by atoms with E-state index in [9.17, 15) is 14.7 Å². The van der Waals surface area contributed by atoms with Crippen LogP contribution in [0.1, 0.15) is 36.9 Å². The number of carbonyl (C=O) groups is 2. The predicted octanol–water partition coefficient (Wildman–Crippen LogP) is 3.64. The van der Waals surface area contributed by atoms with Gasteiger partial charge in [0, 0.05) is 37.3 Å². The Kier molecular flexibility index (Phi) is 9.25. The van der Waals surface area contributed by atoms with E-state index >= 15 is 0 Å². The van der Waals surface area contributed by atoms with Crippen molar-refractivity contribution in [2.45, 2.75) is 25.8 Å². The minimum atomic E-state index is -0.833. The van der Waals surface area contributed by atoms with E-state index in [0.29, 0.717) is 61.2 Å². The first-order valence-electron chi connectivity index (χ1n) is 13.0. The molecule has 2 saturated heterocycles. The van der Waals surface area contributed by atoms with Gasteiger partial charge in [0.15, 0.2) is 11.5 Å². The highest BCUT2D eigenvalue weighted by atomic mass is 16.5. The van der Waals surface area contributed by atoms with Gasteiger partial charge in [0.1, 0.15) is 11.5 Å². The Morgan fingerprint density at radius 2 is 1.76 bits per heavy atom. The first-order chi connectivity index (χ1) is 18.5. The summed E-state index contributed by atoms with van der Waals surface area (Å²) in [7, 11) is 3.05. The third-order valence-corrected chi connectivity index (χ3v) is 6.85. The SMILES string of the molecule is CCCOc1ccc(/C(O)=C2\C(=O)C(=O)N(CCCN3CCOCC3)[C@H]2c2cccc(OC)c2OC)cc1. The Balaban J connectivity index is 1.72. The first kappa shape index (κ1) is 27.5. The first-order valence-corrected chi connectivity index (χ1v) is 13.0. The molecule has 2 fully saturated rings. The van der Waals surface area contributed by atoms with E-state index in [1.165, 1.54) is 19.1 Å². The summed E-state index contributed by atoms with van der Waals surface area (Å²) < 4.78 is 22.2. The van der Waals surface area contributed by atoms with E-state index in [0.717, 1.165) is 26.1 Å². The van der Waals surface area contributed by atoms with Crippen molar-refractivity contribution in [3.05, 3.63) is 59.2 Å². The lowest BCUT2D eigenvalue weighted by Gasteiger charge is -2.30. The van der Waals surface area contributed by atoms with E-state index in [-0.39, 0.29) is 11.3 Å². The number of hydrogen-bond donors (Lipinski definition) is 1. The van der Waals surface area contributed by atoms with E-state index in [2.05, 4.69) is 4.90 Å². The molecule has 2 aliphatic rings. The Hall–Kier alpha value is -3.56. The van der Waals surface area contributed by atoms with Crippen LogP contribution in [-0.2, 0) is 14.3 Å². The molecule has 4 rings (SSSR count). The number of likely N-dealkylation sites (tertiary alicyclic amines) is 1. The smallest absolute Gasteiger partial charge is 0.295 e. The van der Waals surface area contributed by atoms with Crippen molar-refractivity contribution in [3.8, 4) is 17.2 Å². The molecule has 1 N–H and O–H groups in total. The predicted molar refractivity (Wildman–Crippen MR) is 143 cm³/mol. The van der Waals surface area contributed by atoms with Gasteiger partial charge >= 0.3 is 0 Å². The summed E-state index contributed by atoms with van der Waals surface area (Å²) in [5.41, 5.74) is 1.02. The Labute approximate surface area is 223 Å². The molecule has 0 saturated carbocycles. The lowest BCUT2D eigenvalue weighted by molar-refractivity contribution is -0.140. The normalized spacial score (nSPS) is 19.6. The number of para-hydroxylation sites is 1. The Morgan fingerprint density at radius 3 is 2.42 bits per heavy atom. The molecule has 2 heterocycles. The van der Waals surface area contributed by atoms with Crippen molar-refractivity contribution in [2.24, 2.45) is 0 Å². The van der Waals surface area contributed by atoms with Gasteiger partial charge in [0.25, 0.3) is 11.7 Å². The van der Waals surface area contributed by atoms with Crippen molar-refractivity contribution >= 4 is 17.4 Å². The summed E-state index contributed by atoms with van der Waals surface area (Å²) in [5.74, 6) is -0.0640. The van der Waals surface area contributed by atoms with Crippen LogP contribution in [0.15, 0.2) is 48.0 Å². The van der Waals surface area contributed by atoms with Crippen LogP contribution < -0.4 is 14.2 Å². The van der Waals surface area contributed by atoms with E-state index < -0.39 is 17.7 Å². The quantitative estimate of drug-likeness (QED) is 0.270. The van der Waals surface area contributed by atoms with Gasteiger partial charge in [-0.05, 0) is 43.2 Å². The van der Waals surface area contributed by atoms with Crippen LogP contribution in [0, 0.1) is 0 Å². The zero-order chi connectivity index (χ0) is 27.1. The van der Waals surface area contributed by atoms with Gasteiger partial charge in [0.05, 0.1) is 45.7 Å². The lowest BCUT2D eigenvalue weighted by Crippen LogP contribution is -2.39. The van der Waals surface area contributed by atoms with Gasteiger partial charge in [-0.15, -0.1) is 0 Å². The van der Waals surface area contributed by atoms with E-state index in [1.54, 1.807) is 42.5 Å². The van der Waals surface area contributed by atoms with Crippen molar-refractivity contribution in [3.63, 3.8) is 0 Å². The van der Waals surface area contributed by atoms with Crippen molar-refractivity contribution in [1.29, 1.82) is 0 Å². The zero-order valence-electron chi connectivity index (χ0n) is 22.3. The number of hydrogen-bond acceptors (Lipinski definition) is 8. The number of amides is 1. The zero-order valence-corrected chi connectivity index (χ0v) is 22.3. The van der Waals surface area contributed by atoms with E-state index in [4.69, 9.17) is 18.9 Å². The molecule has 0 unspecified atom stereocenters. The molecule has 2 aromatic carbocycles. The molecule has 1 atom stereocenters. The second kappa shape index (κ2) is 12.8. The lowest BCUT2D eigenvalue weighted by atomic mass is 9.94. The number of methoxy groups -OCH3 is 2. The van der Waals surface area contributed by atoms with Gasteiger partial charge in [0.2, 0.25) is 0 Å². The number of ketones is 1. The molecule has 0 radical (unpaired) electrons. The molecule has 2 aromatic rings. The monoisotopic (exact) mass is 524 g/mol. The summed E-state index contributed by atoms with van der Waals surface area (Å²) in [6, 6.07) is 11.3. The molecule has 38 heavy (non-hydrogen) atoms. The third-order valence-electron chi connectivity index (χ3n) is 6.85. The Bertz CT molecular complexity index is 1160. The molecule has 2 aliphatic heterocycles. The molecule has 0 aliphatic carbocycles. The molecule has 1 amide bonds. The summed E-state index contributed by atoms with van der Waals surface area (Å²) in [6.45, 7) is 6.76. The number of carbonyl (C=O) groups excluding carboxylic acids is 2. The topological polar surface area (TPSA) is 97.8 Å². The number of aliphatic hydroxyl groups is 1. The molecule has 9 nitrogen and oxygen atoms in total. The number of rotatable bonds is 11. The summed E-state index contributed by atoms with van der Waals surface area (Å²) in [6.07, 6.45) is 1.54. The maximum atomic E-state index is 13.4. The number of benzene rings is 2. The van der Waals surface area contributed by atoms with Crippen molar-refractivity contribution in [1.82, 2.24) is 9.80 Å². The fourth-order valence-electron chi connectivity index (χ4n) is 4.94. The minimum absolute atomic E-state index is 0.0233. The largest absolute Gasteiger partial charge is 0.507 e. The highest BCUT2D eigenvalue weighted by molar-refractivity contribution is 6.46. The fourth-order valence-corrected chi connectivity index (χ4v) is 4.94. The standard InChI is InChI=1S/C29H36N2O7/c1-4-17-38-21-11-9-20(10-12-21)26(32)24-25(22-7-5-8-23(35-2)28(22)36-3)31(29(34)27(24)33)14-6-13-30-15-18-37-19-16-30/h5,7-12,25,32H,4,6,13-19H2,1-3H3/b26-24+/t25-/m0/s1. The van der Waals surface area contributed by atoms with Gasteiger partial charge in [-0.25, -0.2) is 0 Å². The fraction of sp³-hybridized carbons (Fsp3) is 0.448. The molecular weight excluding hydrogens is 488 g/mol. The number of nitrogens with zero attached hydrogens (tertiary/aromatic N) is 2. The highest BCUT2D eigenvalue weighted by Gasteiger charge is 2.47. The molecule has 9 heteroatoms. The average Bonchev–Trinajstić information content (AvgIpc) is 3.21. The number of morpholine rings is 1. The van der Waals surface area contributed by atoms with Crippen LogP contribution in [0.3, 0.4) is 0 Å². The van der Waals surface area contributed by atoms with Crippen LogP contribution in [0.5, 0.6) is 17.2 Å². The van der Waals surface area contributed by atoms with Crippen molar-refractivity contribution in [2.75, 3.05) is 60.2 Å². The summed E-state index contributed by atoms with van der Waals surface area (Å²) in [4.78, 5) is 30.6. The second-order valence-corrected chi connectivity index (χ2v) is 9.26. The van der Waals surface area contributed by atoms with Gasteiger partial charge in [-0.1, -0.05) is 19.1 Å². The maximum absolute atomic E-state index is 13.4. The molecule has 0 aromatic heterocycles. The molecule has 204 valence electrons. The van der Waals surface area contributed by atoms with Crippen LogP contribution >= 0.6 is 0 Å². The van der Waals surface area contributed by atoms with Gasteiger partial charge < -0.3 is 29.0 Å². The minimum Gasteiger partial charge on any atom is -0.507 e. The third kappa shape index (κ3) is 5.79. The summed E-state index contributed by atoms with van der Waals surface area (Å²) >= 11 is 0. The summed E-state index contributed by atoms with van der Waals surface area (Å²) in [5, 5.41) is 11.4. The highest BCUT2D eigenvalue weighted by Crippen LogP contribution is 2.45. The molecule has 0 bridgehead atoms. The number of ether oxygens (including phenoxy) is 4. The van der Waals surface area contributed by atoms with Crippen molar-refractivity contribution < 1.29 is 33.6 Å². The average molecular weight is 525 g/mol. The van der Waals surface area contributed by atoms with Crippen LogP contribution in [0.2, 0.25) is 0 Å². The van der Waals surface area contributed by atoms with Gasteiger partial charge in [-0.3, -0.25) is 14.5 Å². The Morgan fingerprint density at radius 1 is 1.03 bits per heavy atom. The van der Waals surface area contributed by atoms with Gasteiger partial charge in [-0.2, -0.15) is 0 Å². The van der Waals surface area contributed by atoms with Crippen LogP contribution in [-0.4, -0.2) is 86.8 Å². The molecular formula is C29H36N2O7. The number of Topliss-reactive ketones (excluding diaryl/α,β-unsaturated/α-hetero) is 1. The van der Waals surface area contributed by atoms with Crippen LogP contribution in [0.4, 0.5) is 0 Å². The number of aliphatic hydroxyl groups excluding tert-OH is 1. The van der Waals surface area contributed by atoms with Crippen LogP contribution in [0.25, 0.3) is 5.76 Å². The van der Waals surface area contributed by atoms with E-state index in [1.807, 2.05) is 6.92 Å². The maximum Gasteiger partial charge on any atom is 0.295 e.